The summed E-state index contributed by atoms with van der Waals surface area (Å²) in [6.45, 7) is 9.44. The molecule has 1 aromatic carbocycles. The van der Waals surface area contributed by atoms with Crippen molar-refractivity contribution in [1.82, 2.24) is 20.2 Å². The normalized spacial score (nSPS) is 11.8. The van der Waals surface area contributed by atoms with Crippen LogP contribution >= 0.6 is 0 Å². The molecule has 0 amide bonds. The lowest BCUT2D eigenvalue weighted by atomic mass is 9.92. The van der Waals surface area contributed by atoms with Gasteiger partial charge in [0.2, 0.25) is 0 Å². The van der Waals surface area contributed by atoms with Crippen LogP contribution < -0.4 is 5.73 Å². The zero-order valence-corrected chi connectivity index (χ0v) is 12.0. The van der Waals surface area contributed by atoms with Crippen LogP contribution in [-0.2, 0) is 6.54 Å². The summed E-state index contributed by atoms with van der Waals surface area (Å²) in [6.07, 6.45) is 1.03. The van der Waals surface area contributed by atoms with Crippen LogP contribution in [-0.4, -0.2) is 20.2 Å². The van der Waals surface area contributed by atoms with E-state index in [1.54, 1.807) is 0 Å². The Kier molecular flexibility index (Phi) is 3.55. The summed E-state index contributed by atoms with van der Waals surface area (Å²) in [4.78, 5) is 0. The largest absolute Gasteiger partial charge is 0.399 e. The van der Waals surface area contributed by atoms with Crippen LogP contribution in [0.2, 0.25) is 0 Å². The van der Waals surface area contributed by atoms with E-state index in [0.717, 1.165) is 35.6 Å². The molecule has 102 valence electrons. The summed E-state index contributed by atoms with van der Waals surface area (Å²) in [7, 11) is 0. The Hall–Kier alpha value is -1.91. The molecule has 0 bridgehead atoms. The monoisotopic (exact) mass is 259 g/mol. The van der Waals surface area contributed by atoms with E-state index in [1.807, 2.05) is 29.8 Å². The smallest absolute Gasteiger partial charge is 0.182 e. The molecular weight excluding hydrogens is 238 g/mol. The van der Waals surface area contributed by atoms with Gasteiger partial charge < -0.3 is 5.73 Å². The molecule has 0 saturated heterocycles. The molecular formula is C14H21N5. The summed E-state index contributed by atoms with van der Waals surface area (Å²) in [5.74, 6) is 0.798. The molecule has 0 aliphatic heterocycles. The van der Waals surface area contributed by atoms with Crippen LogP contribution in [0.5, 0.6) is 0 Å². The van der Waals surface area contributed by atoms with E-state index in [0.29, 0.717) is 0 Å². The first-order valence-electron chi connectivity index (χ1n) is 6.49. The van der Waals surface area contributed by atoms with Crippen molar-refractivity contribution in [3.05, 3.63) is 23.8 Å². The number of nitrogen functional groups attached to an aromatic ring is 1. The van der Waals surface area contributed by atoms with E-state index in [2.05, 4.69) is 36.3 Å². The maximum Gasteiger partial charge on any atom is 0.182 e. The van der Waals surface area contributed by atoms with E-state index >= 15 is 0 Å². The second-order valence-electron chi connectivity index (χ2n) is 6.11. The summed E-state index contributed by atoms with van der Waals surface area (Å²) in [6, 6.07) is 5.88. The number of hydrogen-bond acceptors (Lipinski definition) is 4. The third kappa shape index (κ3) is 3.30. The summed E-state index contributed by atoms with van der Waals surface area (Å²) in [5.41, 5.74) is 8.94. The molecule has 0 saturated carbocycles. The molecule has 0 spiro atoms. The maximum atomic E-state index is 5.84. The third-order valence-electron chi connectivity index (χ3n) is 3.13. The van der Waals surface area contributed by atoms with E-state index in [1.165, 1.54) is 0 Å². The van der Waals surface area contributed by atoms with Crippen molar-refractivity contribution < 1.29 is 0 Å². The molecule has 1 heterocycles. The van der Waals surface area contributed by atoms with Crippen molar-refractivity contribution in [2.75, 3.05) is 5.73 Å². The lowest BCUT2D eigenvalue weighted by molar-refractivity contribution is 0.340. The standard InChI is InChI=1S/C14H21N5/c1-10-9-11(5-6-12(10)15)13-16-17-18-19(13)8-7-14(2,3)4/h5-6,9H,7-8,15H2,1-4H3. The average Bonchev–Trinajstić information content (AvgIpc) is 2.77. The second-order valence-corrected chi connectivity index (χ2v) is 6.11. The molecule has 0 radical (unpaired) electrons. The molecule has 2 aromatic rings. The Bertz CT molecular complexity index is 565. The summed E-state index contributed by atoms with van der Waals surface area (Å²) in [5, 5.41) is 12.0. The number of nitrogens with zero attached hydrogens (tertiary/aromatic N) is 4. The van der Waals surface area contributed by atoms with Crippen LogP contribution in [0.1, 0.15) is 32.8 Å². The van der Waals surface area contributed by atoms with Gasteiger partial charge >= 0.3 is 0 Å². The number of aromatic nitrogens is 4. The quantitative estimate of drug-likeness (QED) is 0.860. The van der Waals surface area contributed by atoms with Gasteiger partial charge in [0.05, 0.1) is 0 Å². The molecule has 0 atom stereocenters. The van der Waals surface area contributed by atoms with Gasteiger partial charge in [0.1, 0.15) is 0 Å². The molecule has 0 fully saturated rings. The highest BCUT2D eigenvalue weighted by Gasteiger charge is 2.14. The van der Waals surface area contributed by atoms with Crippen molar-refractivity contribution >= 4 is 5.69 Å². The van der Waals surface area contributed by atoms with E-state index in [4.69, 9.17) is 5.73 Å². The Labute approximate surface area is 113 Å². The fraction of sp³-hybridized carbons (Fsp3) is 0.500. The number of anilines is 1. The SMILES string of the molecule is Cc1cc(-c2nnnn2CCC(C)(C)C)ccc1N. The first-order chi connectivity index (χ1) is 8.87. The minimum absolute atomic E-state index is 0.264. The molecule has 0 aliphatic rings. The molecule has 2 N–H and O–H groups in total. The number of tetrazole rings is 1. The van der Waals surface area contributed by atoms with Gasteiger partial charge in [0, 0.05) is 17.8 Å². The third-order valence-corrected chi connectivity index (χ3v) is 3.13. The number of aryl methyl sites for hydroxylation is 2. The van der Waals surface area contributed by atoms with Gasteiger partial charge in [0.25, 0.3) is 0 Å². The van der Waals surface area contributed by atoms with Gasteiger partial charge in [-0.2, -0.15) is 0 Å². The van der Waals surface area contributed by atoms with Crippen LogP contribution in [0.25, 0.3) is 11.4 Å². The molecule has 19 heavy (non-hydrogen) atoms. The van der Waals surface area contributed by atoms with Gasteiger partial charge in [-0.05, 0) is 52.9 Å². The number of rotatable bonds is 3. The topological polar surface area (TPSA) is 69.6 Å². The first-order valence-corrected chi connectivity index (χ1v) is 6.49. The van der Waals surface area contributed by atoms with Gasteiger partial charge in [0.15, 0.2) is 5.82 Å². The minimum Gasteiger partial charge on any atom is -0.399 e. The Morgan fingerprint density at radius 1 is 1.26 bits per heavy atom. The van der Waals surface area contributed by atoms with Gasteiger partial charge in [-0.1, -0.05) is 20.8 Å². The first kappa shape index (κ1) is 13.5. The highest BCUT2D eigenvalue weighted by atomic mass is 15.5. The van der Waals surface area contributed by atoms with Crippen LogP contribution in [0, 0.1) is 12.3 Å². The average molecular weight is 259 g/mol. The zero-order chi connectivity index (χ0) is 14.0. The number of nitrogens with two attached hydrogens (primary N) is 1. The second kappa shape index (κ2) is 4.99. The maximum absolute atomic E-state index is 5.84. The lowest BCUT2D eigenvalue weighted by Gasteiger charge is -2.17. The highest BCUT2D eigenvalue weighted by Crippen LogP contribution is 2.23. The van der Waals surface area contributed by atoms with Gasteiger partial charge in [-0.25, -0.2) is 4.68 Å². The van der Waals surface area contributed by atoms with E-state index < -0.39 is 0 Å². The van der Waals surface area contributed by atoms with Crippen molar-refractivity contribution in [3.8, 4) is 11.4 Å². The van der Waals surface area contributed by atoms with Crippen LogP contribution in [0.3, 0.4) is 0 Å². The van der Waals surface area contributed by atoms with E-state index in [9.17, 15) is 0 Å². The Morgan fingerprint density at radius 2 is 2.00 bits per heavy atom. The van der Waals surface area contributed by atoms with Crippen molar-refractivity contribution in [2.24, 2.45) is 5.41 Å². The Morgan fingerprint density at radius 3 is 2.63 bits per heavy atom. The van der Waals surface area contributed by atoms with Crippen LogP contribution in [0.4, 0.5) is 5.69 Å². The molecule has 5 heteroatoms. The lowest BCUT2D eigenvalue weighted by Crippen LogP contribution is -2.12. The van der Waals surface area contributed by atoms with Gasteiger partial charge in [-0.15, -0.1) is 5.10 Å². The van der Waals surface area contributed by atoms with E-state index in [-0.39, 0.29) is 5.41 Å². The minimum atomic E-state index is 0.264. The molecule has 5 nitrogen and oxygen atoms in total. The Balaban J connectivity index is 2.26. The fourth-order valence-electron chi connectivity index (χ4n) is 1.82. The van der Waals surface area contributed by atoms with Gasteiger partial charge in [-0.3, -0.25) is 0 Å². The highest BCUT2D eigenvalue weighted by molar-refractivity contribution is 5.61. The fourth-order valence-corrected chi connectivity index (χ4v) is 1.82. The van der Waals surface area contributed by atoms with Crippen LogP contribution in [0.15, 0.2) is 18.2 Å². The predicted molar refractivity (Wildman–Crippen MR) is 76.5 cm³/mol. The van der Waals surface area contributed by atoms with Crippen molar-refractivity contribution in [2.45, 2.75) is 40.7 Å². The number of hydrogen-bond donors (Lipinski definition) is 1. The zero-order valence-electron chi connectivity index (χ0n) is 12.0. The summed E-state index contributed by atoms with van der Waals surface area (Å²) >= 11 is 0. The summed E-state index contributed by atoms with van der Waals surface area (Å²) < 4.78 is 1.86. The molecule has 1 aromatic heterocycles. The van der Waals surface area contributed by atoms with Crippen molar-refractivity contribution in [3.63, 3.8) is 0 Å². The molecule has 2 rings (SSSR count). The number of benzene rings is 1. The van der Waals surface area contributed by atoms with Crippen molar-refractivity contribution in [1.29, 1.82) is 0 Å². The molecule has 0 aliphatic carbocycles. The molecule has 0 unspecified atom stereocenters. The predicted octanol–water partition coefficient (Wildman–Crippen LogP) is 2.67.